The van der Waals surface area contributed by atoms with Crippen LogP contribution in [-0.2, 0) is 9.59 Å². The number of likely N-dealkylation sites (tertiary alicyclic amines) is 1. The number of carboxylic acid groups (broad SMARTS) is 1. The molecule has 0 aromatic heterocycles. The molecule has 68 valence electrons. The van der Waals surface area contributed by atoms with Gasteiger partial charge in [-0.3, -0.25) is 9.59 Å². The number of amides is 1. The molecule has 0 spiro atoms. The number of rotatable bonds is 1. The standard InChI is InChI=1S/C8H13NO3/c1-8(7(11)12)4-3-6(10)9(2)5-8/h3-5H2,1-2H3,(H,11,12). The molecule has 0 aromatic carbocycles. The summed E-state index contributed by atoms with van der Waals surface area (Å²) in [5.74, 6) is -0.782. The zero-order chi connectivity index (χ0) is 9.35. The monoisotopic (exact) mass is 171 g/mol. The summed E-state index contributed by atoms with van der Waals surface area (Å²) in [5, 5.41) is 8.86. The van der Waals surface area contributed by atoms with Crippen LogP contribution in [0.1, 0.15) is 19.8 Å². The maximum atomic E-state index is 11.0. The van der Waals surface area contributed by atoms with Gasteiger partial charge in [0.15, 0.2) is 0 Å². The number of hydrogen-bond donors (Lipinski definition) is 1. The van der Waals surface area contributed by atoms with Gasteiger partial charge >= 0.3 is 5.97 Å². The van der Waals surface area contributed by atoms with Crippen molar-refractivity contribution in [1.82, 2.24) is 4.90 Å². The van der Waals surface area contributed by atoms with E-state index in [4.69, 9.17) is 5.11 Å². The van der Waals surface area contributed by atoms with Crippen LogP contribution in [0.15, 0.2) is 0 Å². The number of carboxylic acids is 1. The van der Waals surface area contributed by atoms with E-state index in [-0.39, 0.29) is 5.91 Å². The minimum atomic E-state index is -0.818. The van der Waals surface area contributed by atoms with E-state index in [9.17, 15) is 9.59 Å². The van der Waals surface area contributed by atoms with Crippen LogP contribution in [0.3, 0.4) is 0 Å². The van der Waals surface area contributed by atoms with Gasteiger partial charge in [0.25, 0.3) is 0 Å². The van der Waals surface area contributed by atoms with Crippen molar-refractivity contribution < 1.29 is 14.7 Å². The first-order chi connectivity index (χ1) is 5.46. The van der Waals surface area contributed by atoms with Gasteiger partial charge in [0.1, 0.15) is 0 Å². The normalized spacial score (nSPS) is 30.5. The first-order valence-corrected chi connectivity index (χ1v) is 3.93. The molecule has 1 fully saturated rings. The quantitative estimate of drug-likeness (QED) is 0.618. The van der Waals surface area contributed by atoms with Gasteiger partial charge in [0.05, 0.1) is 5.41 Å². The van der Waals surface area contributed by atoms with Crippen molar-refractivity contribution in [2.75, 3.05) is 13.6 Å². The SMILES string of the molecule is CN1CC(C)(C(=O)O)CCC1=O. The summed E-state index contributed by atoms with van der Waals surface area (Å²) in [4.78, 5) is 23.3. The Hall–Kier alpha value is -1.06. The summed E-state index contributed by atoms with van der Waals surface area (Å²) < 4.78 is 0. The van der Waals surface area contributed by atoms with Gasteiger partial charge in [0.2, 0.25) is 5.91 Å². The van der Waals surface area contributed by atoms with E-state index in [1.807, 2.05) is 0 Å². The Balaban J connectivity index is 2.73. The van der Waals surface area contributed by atoms with Crippen LogP contribution in [-0.4, -0.2) is 35.5 Å². The average Bonchev–Trinajstić information content (AvgIpc) is 1.97. The van der Waals surface area contributed by atoms with Crippen molar-refractivity contribution in [3.05, 3.63) is 0 Å². The minimum Gasteiger partial charge on any atom is -0.481 e. The third-order valence-corrected chi connectivity index (χ3v) is 2.42. The number of piperidine rings is 1. The van der Waals surface area contributed by atoms with Crippen LogP contribution in [0.25, 0.3) is 0 Å². The van der Waals surface area contributed by atoms with Crippen LogP contribution in [0.4, 0.5) is 0 Å². The van der Waals surface area contributed by atoms with E-state index in [0.717, 1.165) is 0 Å². The minimum absolute atomic E-state index is 0.0359. The second-order valence-corrected chi connectivity index (χ2v) is 3.62. The van der Waals surface area contributed by atoms with Gasteiger partial charge in [-0.15, -0.1) is 0 Å². The molecule has 1 unspecified atom stereocenters. The third-order valence-electron chi connectivity index (χ3n) is 2.42. The van der Waals surface area contributed by atoms with Crippen molar-refractivity contribution in [1.29, 1.82) is 0 Å². The molecule has 1 saturated heterocycles. The molecule has 0 radical (unpaired) electrons. The smallest absolute Gasteiger partial charge is 0.311 e. The van der Waals surface area contributed by atoms with Gasteiger partial charge < -0.3 is 10.0 Å². The van der Waals surface area contributed by atoms with Crippen molar-refractivity contribution in [2.45, 2.75) is 19.8 Å². The fourth-order valence-electron chi connectivity index (χ4n) is 1.44. The van der Waals surface area contributed by atoms with E-state index in [1.165, 1.54) is 4.90 Å². The number of carbonyl (C=O) groups is 2. The Morgan fingerprint density at radius 3 is 2.67 bits per heavy atom. The molecule has 1 aliphatic rings. The molecule has 0 bridgehead atoms. The molecule has 1 aliphatic heterocycles. The van der Waals surface area contributed by atoms with Gasteiger partial charge in [0, 0.05) is 20.0 Å². The Bertz CT molecular complexity index is 226. The highest BCUT2D eigenvalue weighted by molar-refractivity contribution is 5.82. The number of nitrogens with zero attached hydrogens (tertiary/aromatic N) is 1. The van der Waals surface area contributed by atoms with Gasteiger partial charge in [-0.1, -0.05) is 0 Å². The highest BCUT2D eigenvalue weighted by Gasteiger charge is 2.39. The molecule has 0 saturated carbocycles. The molecule has 1 N–H and O–H groups in total. The number of hydrogen-bond acceptors (Lipinski definition) is 2. The predicted octanol–water partition coefficient (Wildman–Crippen LogP) is 0.329. The molecule has 1 rings (SSSR count). The molecule has 1 atom stereocenters. The van der Waals surface area contributed by atoms with Crippen molar-refractivity contribution in [2.24, 2.45) is 5.41 Å². The highest BCUT2D eigenvalue weighted by Crippen LogP contribution is 2.29. The summed E-state index contributed by atoms with van der Waals surface area (Å²) in [5.41, 5.74) is -0.747. The summed E-state index contributed by atoms with van der Waals surface area (Å²) in [6.45, 7) is 2.00. The van der Waals surface area contributed by atoms with Crippen LogP contribution >= 0.6 is 0 Å². The van der Waals surface area contributed by atoms with Gasteiger partial charge in [-0.05, 0) is 13.3 Å². The Labute approximate surface area is 71.2 Å². The first-order valence-electron chi connectivity index (χ1n) is 3.93. The largest absolute Gasteiger partial charge is 0.481 e. The maximum Gasteiger partial charge on any atom is 0.311 e. The van der Waals surface area contributed by atoms with E-state index < -0.39 is 11.4 Å². The van der Waals surface area contributed by atoms with Crippen LogP contribution in [0.2, 0.25) is 0 Å². The second kappa shape index (κ2) is 2.77. The first kappa shape index (κ1) is 9.03. The van der Waals surface area contributed by atoms with Gasteiger partial charge in [-0.2, -0.15) is 0 Å². The molecule has 4 nitrogen and oxygen atoms in total. The van der Waals surface area contributed by atoms with Crippen molar-refractivity contribution >= 4 is 11.9 Å². The second-order valence-electron chi connectivity index (χ2n) is 3.62. The molecular weight excluding hydrogens is 158 g/mol. The van der Waals surface area contributed by atoms with Crippen LogP contribution in [0, 0.1) is 5.41 Å². The van der Waals surface area contributed by atoms with Crippen molar-refractivity contribution in [3.63, 3.8) is 0 Å². The summed E-state index contributed by atoms with van der Waals surface area (Å²) in [6.07, 6.45) is 0.796. The van der Waals surface area contributed by atoms with E-state index >= 15 is 0 Å². The van der Waals surface area contributed by atoms with E-state index in [0.29, 0.717) is 19.4 Å². The average molecular weight is 171 g/mol. The molecule has 4 heteroatoms. The zero-order valence-electron chi connectivity index (χ0n) is 7.33. The summed E-state index contributed by atoms with van der Waals surface area (Å²) in [6, 6.07) is 0. The zero-order valence-corrected chi connectivity index (χ0v) is 7.33. The Morgan fingerprint density at radius 2 is 2.25 bits per heavy atom. The lowest BCUT2D eigenvalue weighted by molar-refractivity contribution is -0.154. The third kappa shape index (κ3) is 1.42. The predicted molar refractivity (Wildman–Crippen MR) is 42.6 cm³/mol. The molecule has 0 aromatic rings. The molecule has 1 amide bonds. The lowest BCUT2D eigenvalue weighted by Crippen LogP contribution is -2.46. The van der Waals surface area contributed by atoms with Crippen molar-refractivity contribution in [3.8, 4) is 0 Å². The topological polar surface area (TPSA) is 57.6 Å². The lowest BCUT2D eigenvalue weighted by Gasteiger charge is -2.34. The molecule has 12 heavy (non-hydrogen) atoms. The highest BCUT2D eigenvalue weighted by atomic mass is 16.4. The fraction of sp³-hybridized carbons (Fsp3) is 0.750. The lowest BCUT2D eigenvalue weighted by atomic mass is 9.82. The molecule has 0 aliphatic carbocycles. The van der Waals surface area contributed by atoms with Gasteiger partial charge in [-0.25, -0.2) is 0 Å². The Kier molecular flexibility index (Phi) is 2.08. The van der Waals surface area contributed by atoms with Crippen LogP contribution < -0.4 is 0 Å². The summed E-state index contributed by atoms with van der Waals surface area (Å²) in [7, 11) is 1.64. The molecule has 1 heterocycles. The number of aliphatic carboxylic acids is 1. The fourth-order valence-corrected chi connectivity index (χ4v) is 1.44. The molecular formula is C8H13NO3. The van der Waals surface area contributed by atoms with E-state index in [2.05, 4.69) is 0 Å². The van der Waals surface area contributed by atoms with E-state index in [1.54, 1.807) is 14.0 Å². The number of carbonyl (C=O) groups excluding carboxylic acids is 1. The Morgan fingerprint density at radius 1 is 1.67 bits per heavy atom. The maximum absolute atomic E-state index is 11.0. The van der Waals surface area contributed by atoms with Crippen LogP contribution in [0.5, 0.6) is 0 Å². The summed E-state index contributed by atoms with van der Waals surface area (Å²) >= 11 is 0.